The van der Waals surface area contributed by atoms with E-state index in [0.29, 0.717) is 11.1 Å². The standard InChI is InChI=1S/C48H56N8O12S/c1-29-8-22-36(23-9-29)69(66,67)41-38(32-16-20-35(57)21-17-32)54-26-24-48(50,27-30-12-18-34(19-13-30)56(64)65)45(62)55(54)39(41)43(60)53-37(7-5-6-25-51-46(63)68-47(2,3)4)40(58)44(61)52-28-31-10-14-33(15-11-31)42(49)59/h8-23,37-38,40,57-58H,5-7,24-28,50H2,1-4H3,(H2,49,59)(H,51,63)(H,52,61)(H,53,60)/t37-,38?,40?,48?/m0/s1. The van der Waals surface area contributed by atoms with Crippen LogP contribution in [0.25, 0.3) is 0 Å². The van der Waals surface area contributed by atoms with E-state index in [1.165, 1.54) is 77.8 Å². The van der Waals surface area contributed by atoms with E-state index in [0.717, 1.165) is 10.6 Å². The third kappa shape index (κ3) is 12.1. The third-order valence-electron chi connectivity index (χ3n) is 11.6. The number of phenolic OH excluding ortho intramolecular Hbond substituents is 1. The molecular formula is C48H56N8O12S. The largest absolute Gasteiger partial charge is 0.508 e. The van der Waals surface area contributed by atoms with E-state index in [2.05, 4.69) is 16.0 Å². The number of aliphatic hydroxyl groups excluding tert-OH is 1. The van der Waals surface area contributed by atoms with E-state index >= 15 is 18.0 Å². The van der Waals surface area contributed by atoms with Crippen LogP contribution in [0.2, 0.25) is 0 Å². The van der Waals surface area contributed by atoms with Crippen LogP contribution in [0, 0.1) is 17.0 Å². The number of nitrogens with one attached hydrogen (secondary N) is 3. The van der Waals surface area contributed by atoms with E-state index in [1.54, 1.807) is 52.0 Å². The van der Waals surface area contributed by atoms with Gasteiger partial charge in [0.15, 0.2) is 6.10 Å². The Balaban J connectivity index is 1.42. The van der Waals surface area contributed by atoms with Gasteiger partial charge in [0, 0.05) is 37.3 Å². The number of rotatable bonds is 18. The highest BCUT2D eigenvalue weighted by Crippen LogP contribution is 2.48. The number of aliphatic hydroxyl groups is 1. The lowest BCUT2D eigenvalue weighted by Crippen LogP contribution is -2.65. The molecule has 1 saturated heterocycles. The molecule has 6 rings (SSSR count). The van der Waals surface area contributed by atoms with Crippen molar-refractivity contribution >= 4 is 45.2 Å². The number of nitrogens with zero attached hydrogens (tertiary/aromatic N) is 3. The third-order valence-corrected chi connectivity index (χ3v) is 13.5. The summed E-state index contributed by atoms with van der Waals surface area (Å²) in [6.45, 7) is 6.78. The molecule has 0 saturated carbocycles. The van der Waals surface area contributed by atoms with Crippen LogP contribution in [0.3, 0.4) is 0 Å². The number of unbranched alkanes of at least 4 members (excludes halogenated alkanes) is 1. The van der Waals surface area contributed by atoms with Crippen molar-refractivity contribution in [3.05, 3.63) is 146 Å². The maximum Gasteiger partial charge on any atom is 0.407 e. The quantitative estimate of drug-likeness (QED) is 0.0425. The monoisotopic (exact) mass is 968 g/mol. The van der Waals surface area contributed by atoms with Crippen molar-refractivity contribution in [2.24, 2.45) is 11.5 Å². The molecule has 2 heterocycles. The zero-order chi connectivity index (χ0) is 50.4. The summed E-state index contributed by atoms with van der Waals surface area (Å²) in [7, 11) is -4.72. The first-order valence-electron chi connectivity index (χ1n) is 22.1. The lowest BCUT2D eigenvalue weighted by Gasteiger charge is -2.45. The summed E-state index contributed by atoms with van der Waals surface area (Å²) in [5, 5.41) is 43.7. The normalized spacial score (nSPS) is 18.2. The fourth-order valence-electron chi connectivity index (χ4n) is 8.07. The molecule has 0 aliphatic carbocycles. The second-order valence-electron chi connectivity index (χ2n) is 18.0. The first kappa shape index (κ1) is 51.2. The van der Waals surface area contributed by atoms with Crippen molar-refractivity contribution in [1.82, 2.24) is 26.0 Å². The fourth-order valence-corrected chi connectivity index (χ4v) is 9.80. The number of amides is 5. The van der Waals surface area contributed by atoms with Crippen LogP contribution < -0.4 is 27.4 Å². The minimum absolute atomic E-state index is 0.0647. The number of nitro benzene ring substituents is 1. The Hall–Kier alpha value is -7.20. The number of hydrazine groups is 1. The van der Waals surface area contributed by atoms with Gasteiger partial charge in [0.2, 0.25) is 15.7 Å². The number of primary amides is 1. The Morgan fingerprint density at radius 1 is 0.928 bits per heavy atom. The number of hydrogen-bond acceptors (Lipinski definition) is 14. The molecule has 0 spiro atoms. The van der Waals surface area contributed by atoms with Gasteiger partial charge in [0.25, 0.3) is 23.4 Å². The SMILES string of the molecule is Cc1ccc(S(=O)(=O)C2=C(C(=O)N[C@@H](CCCCNC(=O)OC(C)(C)C)C(O)C(=O)NCc3ccc(C(N)=O)cc3)N3C(=O)C(N)(Cc4ccc([N+](=O)[O-])cc4)CCN3C2c2ccc(O)cc2)cc1. The van der Waals surface area contributed by atoms with Gasteiger partial charge in [-0.1, -0.05) is 54.1 Å². The van der Waals surface area contributed by atoms with Gasteiger partial charge in [-0.3, -0.25) is 29.3 Å². The van der Waals surface area contributed by atoms with Crippen molar-refractivity contribution in [3.8, 4) is 5.75 Å². The van der Waals surface area contributed by atoms with Gasteiger partial charge in [-0.2, -0.15) is 0 Å². The number of nitro groups is 1. The van der Waals surface area contributed by atoms with Gasteiger partial charge in [0.05, 0.1) is 21.9 Å². The van der Waals surface area contributed by atoms with Crippen LogP contribution >= 0.6 is 0 Å². The van der Waals surface area contributed by atoms with Crippen molar-refractivity contribution in [1.29, 1.82) is 0 Å². The van der Waals surface area contributed by atoms with Crippen molar-refractivity contribution < 1.29 is 52.3 Å². The van der Waals surface area contributed by atoms with Gasteiger partial charge >= 0.3 is 6.09 Å². The van der Waals surface area contributed by atoms with Crippen LogP contribution in [0.1, 0.15) is 85.1 Å². The average molecular weight is 969 g/mol. The molecule has 0 aromatic heterocycles. The molecular weight excluding hydrogens is 913 g/mol. The number of fused-ring (bicyclic) bond motifs is 1. The van der Waals surface area contributed by atoms with Crippen molar-refractivity contribution in [3.63, 3.8) is 0 Å². The molecule has 3 unspecified atom stereocenters. The molecule has 20 nitrogen and oxygen atoms in total. The van der Waals surface area contributed by atoms with E-state index < -0.39 is 84.4 Å². The number of aryl methyl sites for hydroxylation is 1. The highest BCUT2D eigenvalue weighted by atomic mass is 32.2. The molecule has 4 aromatic carbocycles. The number of carbonyl (C=O) groups is 5. The number of carbonyl (C=O) groups excluding carboxylic acids is 5. The summed E-state index contributed by atoms with van der Waals surface area (Å²) in [6, 6.07) is 20.1. The number of ether oxygens (including phenoxy) is 1. The number of sulfone groups is 1. The number of phenols is 1. The summed E-state index contributed by atoms with van der Waals surface area (Å²) in [5.74, 6) is -3.78. The van der Waals surface area contributed by atoms with E-state index in [4.69, 9.17) is 16.2 Å². The Kier molecular flexibility index (Phi) is 15.6. The van der Waals surface area contributed by atoms with Crippen molar-refractivity contribution in [2.45, 2.75) is 101 Å². The van der Waals surface area contributed by atoms with Gasteiger partial charge < -0.3 is 42.4 Å². The molecule has 4 atom stereocenters. The molecule has 21 heteroatoms. The Bertz CT molecular complexity index is 2730. The summed E-state index contributed by atoms with van der Waals surface area (Å²) in [4.78, 5) is 78.1. The molecule has 9 N–H and O–H groups in total. The molecule has 0 radical (unpaired) electrons. The van der Waals surface area contributed by atoms with Crippen molar-refractivity contribution in [2.75, 3.05) is 13.1 Å². The molecule has 69 heavy (non-hydrogen) atoms. The lowest BCUT2D eigenvalue weighted by atomic mass is 9.85. The first-order chi connectivity index (χ1) is 32.5. The number of aromatic hydroxyl groups is 1. The van der Waals surface area contributed by atoms with E-state index in [1.807, 2.05) is 0 Å². The van der Waals surface area contributed by atoms with Crippen LogP contribution in [-0.4, -0.2) is 99.7 Å². The number of hydrogen-bond donors (Lipinski definition) is 7. The van der Waals surface area contributed by atoms with Gasteiger partial charge in [-0.25, -0.2) is 23.2 Å². The Labute approximate surface area is 398 Å². The van der Waals surface area contributed by atoms with Crippen LogP contribution in [0.4, 0.5) is 10.5 Å². The van der Waals surface area contributed by atoms with Gasteiger partial charge in [-0.05, 0) is 113 Å². The number of nitrogens with two attached hydrogens (primary N) is 2. The Morgan fingerprint density at radius 3 is 2.14 bits per heavy atom. The molecule has 2 aliphatic heterocycles. The minimum atomic E-state index is -4.72. The van der Waals surface area contributed by atoms with Gasteiger partial charge in [0.1, 0.15) is 27.5 Å². The highest BCUT2D eigenvalue weighted by Gasteiger charge is 2.57. The predicted molar refractivity (Wildman–Crippen MR) is 251 cm³/mol. The average Bonchev–Trinajstić information content (AvgIpc) is 3.65. The smallest absolute Gasteiger partial charge is 0.407 e. The van der Waals surface area contributed by atoms with E-state index in [-0.39, 0.29) is 79.2 Å². The number of non-ortho nitro benzene ring substituents is 1. The highest BCUT2D eigenvalue weighted by molar-refractivity contribution is 7.95. The molecule has 0 bridgehead atoms. The lowest BCUT2D eigenvalue weighted by molar-refractivity contribution is -0.384. The summed E-state index contributed by atoms with van der Waals surface area (Å²) < 4.78 is 35.6. The number of benzene rings is 4. The maximum absolute atomic E-state index is 15.3. The maximum atomic E-state index is 15.3. The van der Waals surface area contributed by atoms with Crippen LogP contribution in [-0.2, 0) is 41.9 Å². The fraction of sp³-hybridized carbons (Fsp3) is 0.354. The molecule has 4 aromatic rings. The zero-order valence-corrected chi connectivity index (χ0v) is 39.3. The predicted octanol–water partition coefficient (Wildman–Crippen LogP) is 3.69. The molecule has 1 fully saturated rings. The second-order valence-corrected chi connectivity index (χ2v) is 20.0. The first-order valence-corrected chi connectivity index (χ1v) is 23.6. The summed E-state index contributed by atoms with van der Waals surface area (Å²) in [6.07, 6.45) is -2.50. The molecule has 5 amide bonds. The molecule has 2 aliphatic rings. The second kappa shape index (κ2) is 21.0. The van der Waals surface area contributed by atoms with Crippen LogP contribution in [0.15, 0.2) is 113 Å². The summed E-state index contributed by atoms with van der Waals surface area (Å²) in [5.41, 5.74) is 11.1. The molecule has 366 valence electrons. The summed E-state index contributed by atoms with van der Waals surface area (Å²) >= 11 is 0. The number of alkyl carbamates (subject to hydrolysis) is 1. The van der Waals surface area contributed by atoms with Gasteiger partial charge in [-0.15, -0.1) is 0 Å². The topological polar surface area (TPSA) is 307 Å². The minimum Gasteiger partial charge on any atom is -0.508 e. The Morgan fingerprint density at radius 2 is 1.55 bits per heavy atom. The zero-order valence-electron chi connectivity index (χ0n) is 38.5. The van der Waals surface area contributed by atoms with Crippen LogP contribution in [0.5, 0.6) is 5.75 Å². The van der Waals surface area contributed by atoms with E-state index in [9.17, 15) is 34.7 Å².